The second-order valence-electron chi connectivity index (χ2n) is 9.51. The van der Waals surface area contributed by atoms with Crippen LogP contribution in [0.5, 0.6) is 0 Å². The second kappa shape index (κ2) is 12.8. The van der Waals surface area contributed by atoms with Gasteiger partial charge in [0.05, 0.1) is 22.5 Å². The van der Waals surface area contributed by atoms with Crippen LogP contribution in [0.2, 0.25) is 5.02 Å². The predicted molar refractivity (Wildman–Crippen MR) is 142 cm³/mol. The van der Waals surface area contributed by atoms with Crippen molar-refractivity contribution in [3.63, 3.8) is 0 Å². The van der Waals surface area contributed by atoms with Crippen molar-refractivity contribution in [1.29, 1.82) is 0 Å². The molecule has 0 bridgehead atoms. The highest BCUT2D eigenvalue weighted by Crippen LogP contribution is 2.36. The van der Waals surface area contributed by atoms with Gasteiger partial charge in [0.15, 0.2) is 0 Å². The number of amides is 2. The van der Waals surface area contributed by atoms with E-state index in [9.17, 15) is 31.2 Å². The fraction of sp³-hybridized carbons (Fsp3) is 0.462. The van der Waals surface area contributed by atoms with Crippen molar-refractivity contribution in [3.8, 4) is 0 Å². The molecule has 0 aromatic heterocycles. The van der Waals surface area contributed by atoms with E-state index in [0.717, 1.165) is 24.0 Å². The average Bonchev–Trinajstić information content (AvgIpc) is 2.80. The Morgan fingerprint density at radius 3 is 2.29 bits per heavy atom. The largest absolute Gasteiger partial charge is 0.416 e. The normalized spacial score (nSPS) is 12.8. The van der Waals surface area contributed by atoms with Gasteiger partial charge in [0.2, 0.25) is 21.8 Å². The summed E-state index contributed by atoms with van der Waals surface area (Å²) in [6.07, 6.45) is -3.76. The van der Waals surface area contributed by atoms with Gasteiger partial charge in [-0.2, -0.15) is 13.2 Å². The summed E-state index contributed by atoms with van der Waals surface area (Å²) in [6.45, 7) is 6.93. The molecule has 0 heterocycles. The van der Waals surface area contributed by atoms with Crippen LogP contribution in [0.1, 0.15) is 43.9 Å². The lowest BCUT2D eigenvalue weighted by Gasteiger charge is -2.33. The molecule has 0 saturated carbocycles. The van der Waals surface area contributed by atoms with E-state index in [0.29, 0.717) is 22.5 Å². The van der Waals surface area contributed by atoms with E-state index in [4.69, 9.17) is 11.6 Å². The van der Waals surface area contributed by atoms with E-state index >= 15 is 0 Å². The minimum absolute atomic E-state index is 0.0119. The number of rotatable bonds is 11. The molecule has 1 unspecified atom stereocenters. The second-order valence-corrected chi connectivity index (χ2v) is 11.8. The third kappa shape index (κ3) is 8.62. The monoisotopic (exact) mass is 575 g/mol. The Bertz CT molecular complexity index is 1250. The zero-order valence-corrected chi connectivity index (χ0v) is 23.5. The van der Waals surface area contributed by atoms with Crippen molar-refractivity contribution in [2.45, 2.75) is 52.9 Å². The molecule has 2 aromatic carbocycles. The summed E-state index contributed by atoms with van der Waals surface area (Å²) in [7, 11) is -4.25. The molecule has 0 fully saturated rings. The number of hydrogen-bond acceptors (Lipinski definition) is 4. The van der Waals surface area contributed by atoms with Gasteiger partial charge in [-0.15, -0.1) is 0 Å². The molecule has 2 aromatic rings. The maximum Gasteiger partial charge on any atom is 0.416 e. The fourth-order valence-electron chi connectivity index (χ4n) is 3.82. The lowest BCUT2D eigenvalue weighted by Crippen LogP contribution is -2.52. The van der Waals surface area contributed by atoms with Gasteiger partial charge >= 0.3 is 6.18 Å². The first-order chi connectivity index (χ1) is 17.5. The molecule has 38 heavy (non-hydrogen) atoms. The van der Waals surface area contributed by atoms with E-state index in [1.54, 1.807) is 19.1 Å². The highest BCUT2D eigenvalue weighted by atomic mass is 35.5. The topological polar surface area (TPSA) is 86.8 Å². The van der Waals surface area contributed by atoms with Gasteiger partial charge in [-0.1, -0.05) is 62.2 Å². The van der Waals surface area contributed by atoms with Gasteiger partial charge in [0.1, 0.15) is 12.6 Å². The standard InChI is InChI=1S/C26H33ClF3N3O4S/c1-6-22(25(35)31-14-17(2)3)32(15-19-9-7-8-18(4)12-19)24(34)16-33(38(5,36)37)23-13-20(26(28,29)30)10-11-21(23)27/h7-13,17,22H,6,14-16H2,1-5H3,(H,31,35). The van der Waals surface area contributed by atoms with Crippen LogP contribution < -0.4 is 9.62 Å². The number of benzene rings is 2. The van der Waals surface area contributed by atoms with Crippen molar-refractivity contribution in [1.82, 2.24) is 10.2 Å². The van der Waals surface area contributed by atoms with E-state index in [2.05, 4.69) is 5.32 Å². The van der Waals surface area contributed by atoms with Gasteiger partial charge in [-0.05, 0) is 43.0 Å². The molecule has 0 aliphatic carbocycles. The number of halogens is 4. The maximum atomic E-state index is 13.7. The molecule has 1 atom stereocenters. The minimum atomic E-state index is -4.76. The van der Waals surface area contributed by atoms with Gasteiger partial charge < -0.3 is 10.2 Å². The smallest absolute Gasteiger partial charge is 0.354 e. The maximum absolute atomic E-state index is 13.7. The van der Waals surface area contributed by atoms with Crippen LogP contribution in [0.4, 0.5) is 18.9 Å². The number of hydrogen-bond donors (Lipinski definition) is 1. The Balaban J connectivity index is 2.53. The zero-order chi connectivity index (χ0) is 28.8. The number of anilines is 1. The fourth-order valence-corrected chi connectivity index (χ4v) is 4.95. The number of nitrogens with zero attached hydrogens (tertiary/aromatic N) is 2. The minimum Gasteiger partial charge on any atom is -0.354 e. The molecule has 1 N–H and O–H groups in total. The molecule has 12 heteroatoms. The summed E-state index contributed by atoms with van der Waals surface area (Å²) in [5, 5.41) is 2.53. The molecular formula is C26H33ClF3N3O4S. The average molecular weight is 576 g/mol. The molecule has 0 aliphatic heterocycles. The Kier molecular flexibility index (Phi) is 10.6. The number of carbonyl (C=O) groups excluding carboxylic acids is 2. The number of nitrogens with one attached hydrogen (secondary N) is 1. The zero-order valence-electron chi connectivity index (χ0n) is 22.0. The lowest BCUT2D eigenvalue weighted by atomic mass is 10.1. The summed E-state index contributed by atoms with van der Waals surface area (Å²) in [4.78, 5) is 28.0. The summed E-state index contributed by atoms with van der Waals surface area (Å²) >= 11 is 6.11. The van der Waals surface area contributed by atoms with E-state index in [1.165, 1.54) is 4.90 Å². The number of aryl methyl sites for hydroxylation is 1. The van der Waals surface area contributed by atoms with Gasteiger partial charge in [0, 0.05) is 13.1 Å². The summed E-state index contributed by atoms with van der Waals surface area (Å²) in [5.41, 5.74) is 0.0245. The van der Waals surface area contributed by atoms with E-state index in [1.807, 2.05) is 32.9 Å². The van der Waals surface area contributed by atoms with Gasteiger partial charge in [-0.3, -0.25) is 13.9 Å². The molecule has 2 amide bonds. The molecule has 0 radical (unpaired) electrons. The quantitative estimate of drug-likeness (QED) is 0.408. The van der Waals surface area contributed by atoms with Crippen LogP contribution in [0, 0.1) is 12.8 Å². The van der Waals surface area contributed by atoms with Crippen LogP contribution in [0.3, 0.4) is 0 Å². The SMILES string of the molecule is CCC(C(=O)NCC(C)C)N(Cc1cccc(C)c1)C(=O)CN(c1cc(C(F)(F)F)ccc1Cl)S(C)(=O)=O. The summed E-state index contributed by atoms with van der Waals surface area (Å²) in [6, 6.07) is 8.56. The number of carbonyl (C=O) groups is 2. The van der Waals surface area contributed by atoms with E-state index in [-0.39, 0.29) is 23.9 Å². The molecule has 0 saturated heterocycles. The van der Waals surface area contributed by atoms with Crippen LogP contribution in [0.15, 0.2) is 42.5 Å². The third-order valence-corrected chi connectivity index (χ3v) is 7.17. The predicted octanol–water partition coefficient (Wildman–Crippen LogP) is 5.01. The Hall–Kier alpha value is -2.79. The van der Waals surface area contributed by atoms with Crippen molar-refractivity contribution >= 4 is 39.1 Å². The van der Waals surface area contributed by atoms with Gasteiger partial charge in [-0.25, -0.2) is 8.42 Å². The number of alkyl halides is 3. The van der Waals surface area contributed by atoms with Gasteiger partial charge in [0.25, 0.3) is 0 Å². The summed E-state index contributed by atoms with van der Waals surface area (Å²) in [5.74, 6) is -1.02. The highest BCUT2D eigenvalue weighted by molar-refractivity contribution is 7.92. The first-order valence-corrected chi connectivity index (χ1v) is 14.2. The summed E-state index contributed by atoms with van der Waals surface area (Å²) < 4.78 is 66.0. The van der Waals surface area contributed by atoms with Crippen LogP contribution >= 0.6 is 11.6 Å². The Morgan fingerprint density at radius 2 is 1.76 bits per heavy atom. The lowest BCUT2D eigenvalue weighted by molar-refractivity contribution is -0.140. The van der Waals surface area contributed by atoms with Crippen LogP contribution in [-0.2, 0) is 32.3 Å². The highest BCUT2D eigenvalue weighted by Gasteiger charge is 2.35. The van der Waals surface area contributed by atoms with Crippen molar-refractivity contribution in [2.75, 3.05) is 23.7 Å². The van der Waals surface area contributed by atoms with Crippen molar-refractivity contribution < 1.29 is 31.2 Å². The van der Waals surface area contributed by atoms with Crippen molar-refractivity contribution in [2.24, 2.45) is 5.92 Å². The first kappa shape index (κ1) is 31.4. The molecule has 210 valence electrons. The van der Waals surface area contributed by atoms with E-state index < -0.39 is 51.9 Å². The first-order valence-electron chi connectivity index (χ1n) is 12.0. The van der Waals surface area contributed by atoms with Crippen LogP contribution in [-0.4, -0.2) is 50.5 Å². The van der Waals surface area contributed by atoms with Crippen LogP contribution in [0.25, 0.3) is 0 Å². The molecule has 0 aliphatic rings. The molecule has 0 spiro atoms. The molecular weight excluding hydrogens is 543 g/mol. The van der Waals surface area contributed by atoms with Crippen molar-refractivity contribution in [3.05, 3.63) is 64.2 Å². The molecule has 2 rings (SSSR count). The number of sulfonamides is 1. The molecule has 7 nitrogen and oxygen atoms in total. The Labute approximate surface area is 227 Å². The third-order valence-electron chi connectivity index (χ3n) is 5.73. The Morgan fingerprint density at radius 1 is 1.11 bits per heavy atom.